The Morgan fingerprint density at radius 2 is 1.67 bits per heavy atom. The van der Waals surface area contributed by atoms with Crippen molar-refractivity contribution in [2.24, 2.45) is 0 Å². The number of aliphatic hydroxyl groups is 1. The number of thioether (sulfide) groups is 1. The topological polar surface area (TPSA) is 20.2 Å². The molecule has 1 nitrogen and oxygen atoms in total. The van der Waals surface area contributed by atoms with Crippen LogP contribution in [0.2, 0.25) is 0 Å². The van der Waals surface area contributed by atoms with E-state index in [9.17, 15) is 13.9 Å². The third kappa shape index (κ3) is 2.43. The van der Waals surface area contributed by atoms with Crippen LogP contribution in [0, 0.1) is 11.6 Å². The van der Waals surface area contributed by atoms with Gasteiger partial charge in [-0.15, -0.1) is 11.8 Å². The number of hydrogen-bond acceptors (Lipinski definition) is 2. The van der Waals surface area contributed by atoms with Crippen molar-refractivity contribution in [1.29, 1.82) is 0 Å². The van der Waals surface area contributed by atoms with Crippen LogP contribution in [-0.4, -0.2) is 5.11 Å². The molecule has 24 heavy (non-hydrogen) atoms. The molecule has 0 aliphatic carbocycles. The summed E-state index contributed by atoms with van der Waals surface area (Å²) in [4.78, 5) is 0.909. The number of halogens is 2. The van der Waals surface area contributed by atoms with Gasteiger partial charge in [0.25, 0.3) is 0 Å². The minimum atomic E-state index is -0.969. The second-order valence-electron chi connectivity index (χ2n) is 5.71. The quantitative estimate of drug-likeness (QED) is 0.647. The van der Waals surface area contributed by atoms with Gasteiger partial charge in [0.05, 0.1) is 0 Å². The highest BCUT2D eigenvalue weighted by molar-refractivity contribution is 7.98. The molecule has 1 aliphatic heterocycles. The second-order valence-corrected chi connectivity index (χ2v) is 6.70. The molecule has 0 saturated heterocycles. The Balaban J connectivity index is 1.90. The maximum Gasteiger partial charge on any atom is 0.163 e. The van der Waals surface area contributed by atoms with Crippen molar-refractivity contribution >= 4 is 11.8 Å². The Morgan fingerprint density at radius 3 is 2.46 bits per heavy atom. The van der Waals surface area contributed by atoms with Crippen LogP contribution in [0.1, 0.15) is 22.8 Å². The van der Waals surface area contributed by atoms with Crippen molar-refractivity contribution in [3.05, 3.63) is 89.0 Å². The third-order valence-corrected chi connectivity index (χ3v) is 5.49. The van der Waals surface area contributed by atoms with Gasteiger partial charge in [-0.25, -0.2) is 8.78 Å². The monoisotopic (exact) mass is 340 g/mol. The van der Waals surface area contributed by atoms with Crippen molar-refractivity contribution in [2.45, 2.75) is 16.8 Å². The summed E-state index contributed by atoms with van der Waals surface area (Å²) in [5.74, 6) is -1.46. The van der Waals surface area contributed by atoms with E-state index in [0.717, 1.165) is 27.7 Å². The minimum absolute atomic E-state index is 0.239. The van der Waals surface area contributed by atoms with Gasteiger partial charge in [0.2, 0.25) is 0 Å². The van der Waals surface area contributed by atoms with E-state index in [1.807, 2.05) is 48.5 Å². The number of benzene rings is 3. The van der Waals surface area contributed by atoms with E-state index in [2.05, 4.69) is 0 Å². The molecule has 1 N–H and O–H groups in total. The highest BCUT2D eigenvalue weighted by atomic mass is 32.2. The van der Waals surface area contributed by atoms with Gasteiger partial charge in [0, 0.05) is 16.2 Å². The highest BCUT2D eigenvalue weighted by Gasteiger charge is 2.27. The predicted octanol–water partition coefficient (Wildman–Crippen LogP) is 5.32. The van der Waals surface area contributed by atoms with Crippen molar-refractivity contribution in [1.82, 2.24) is 0 Å². The Morgan fingerprint density at radius 1 is 0.875 bits per heavy atom. The van der Waals surface area contributed by atoms with Gasteiger partial charge in [-0.2, -0.15) is 0 Å². The maximum absolute atomic E-state index is 14.2. The van der Waals surface area contributed by atoms with Crippen molar-refractivity contribution in [3.63, 3.8) is 0 Å². The molecule has 0 radical (unpaired) electrons. The molecule has 0 bridgehead atoms. The van der Waals surface area contributed by atoms with Crippen LogP contribution < -0.4 is 0 Å². The van der Waals surface area contributed by atoms with Crippen molar-refractivity contribution in [2.75, 3.05) is 0 Å². The summed E-state index contributed by atoms with van der Waals surface area (Å²) in [5, 5.41) is 10.8. The lowest BCUT2D eigenvalue weighted by Crippen LogP contribution is -2.05. The van der Waals surface area contributed by atoms with Gasteiger partial charge in [-0.05, 0) is 28.3 Å². The fraction of sp³-hybridized carbons (Fsp3) is 0.100. The lowest BCUT2D eigenvalue weighted by atomic mass is 9.94. The Kier molecular flexibility index (Phi) is 3.87. The van der Waals surface area contributed by atoms with Crippen LogP contribution in [0.25, 0.3) is 11.1 Å². The zero-order valence-corrected chi connectivity index (χ0v) is 13.5. The normalized spacial score (nSPS) is 16.2. The zero-order valence-electron chi connectivity index (χ0n) is 12.7. The Hall–Kier alpha value is -2.17. The van der Waals surface area contributed by atoms with Crippen molar-refractivity contribution < 1.29 is 13.9 Å². The summed E-state index contributed by atoms with van der Waals surface area (Å²) in [5.41, 5.74) is 3.43. The van der Waals surface area contributed by atoms with Gasteiger partial charge in [0.1, 0.15) is 6.10 Å². The van der Waals surface area contributed by atoms with Crippen LogP contribution in [0.15, 0.2) is 65.6 Å². The molecular weight excluding hydrogens is 326 g/mol. The van der Waals surface area contributed by atoms with E-state index < -0.39 is 17.7 Å². The van der Waals surface area contributed by atoms with Crippen LogP contribution in [0.4, 0.5) is 8.78 Å². The van der Waals surface area contributed by atoms with Gasteiger partial charge in [-0.3, -0.25) is 0 Å². The number of rotatable bonds is 1. The lowest BCUT2D eigenvalue weighted by Gasteiger charge is -2.16. The molecule has 0 fully saturated rings. The molecule has 4 heteroatoms. The third-order valence-electron chi connectivity index (χ3n) is 4.31. The second kappa shape index (κ2) is 6.04. The van der Waals surface area contributed by atoms with Crippen LogP contribution in [0.5, 0.6) is 0 Å². The number of hydrogen-bond donors (Lipinski definition) is 1. The number of aliphatic hydroxyl groups excluding tert-OH is 1. The van der Waals surface area contributed by atoms with Gasteiger partial charge in [-0.1, -0.05) is 54.6 Å². The molecule has 4 rings (SSSR count). The van der Waals surface area contributed by atoms with Crippen molar-refractivity contribution in [3.8, 4) is 11.1 Å². The van der Waals surface area contributed by atoms with E-state index in [0.29, 0.717) is 5.56 Å². The minimum Gasteiger partial charge on any atom is -0.384 e. The average Bonchev–Trinajstić information content (AvgIpc) is 2.76. The van der Waals surface area contributed by atoms with Gasteiger partial charge >= 0.3 is 0 Å². The summed E-state index contributed by atoms with van der Waals surface area (Å²) in [6.45, 7) is 0. The van der Waals surface area contributed by atoms with Crippen LogP contribution in [0.3, 0.4) is 0 Å². The summed E-state index contributed by atoms with van der Waals surface area (Å²) in [6, 6.07) is 18.1. The van der Waals surface area contributed by atoms with Crippen LogP contribution >= 0.6 is 11.8 Å². The SMILES string of the molecule is OC1c2ccc(F)c(F)c2CSc2c(-c3ccccc3)cccc21. The summed E-state index contributed by atoms with van der Waals surface area (Å²) >= 11 is 1.43. The zero-order chi connectivity index (χ0) is 16.7. The lowest BCUT2D eigenvalue weighted by molar-refractivity contribution is 0.216. The molecular formula is C20H14F2OS. The molecule has 0 aromatic heterocycles. The summed E-state index contributed by atoms with van der Waals surface area (Å²) < 4.78 is 27.8. The first-order valence-corrected chi connectivity index (χ1v) is 8.61. The molecule has 1 unspecified atom stereocenters. The molecule has 1 atom stereocenters. The standard InChI is InChI=1S/C20H14F2OS/c21-17-10-9-14-16(18(17)22)11-24-20-13(12-5-2-1-3-6-12)7-4-8-15(20)19(14)23/h1-10,19,23H,11H2. The van der Waals surface area contributed by atoms with Crippen LogP contribution in [-0.2, 0) is 5.75 Å². The first kappa shape index (κ1) is 15.4. The fourth-order valence-electron chi connectivity index (χ4n) is 3.10. The molecule has 0 spiro atoms. The van der Waals surface area contributed by atoms with E-state index >= 15 is 0 Å². The first-order chi connectivity index (χ1) is 11.7. The Labute approximate surface area is 143 Å². The molecule has 1 heterocycles. The molecule has 0 saturated carbocycles. The van der Waals surface area contributed by atoms with E-state index in [-0.39, 0.29) is 11.3 Å². The molecule has 3 aromatic carbocycles. The predicted molar refractivity (Wildman–Crippen MR) is 91.9 cm³/mol. The fourth-order valence-corrected chi connectivity index (χ4v) is 4.37. The van der Waals surface area contributed by atoms with E-state index in [4.69, 9.17) is 0 Å². The Bertz CT molecular complexity index is 909. The summed E-state index contributed by atoms with van der Waals surface area (Å²) in [6.07, 6.45) is -0.969. The highest BCUT2D eigenvalue weighted by Crippen LogP contribution is 2.44. The number of fused-ring (bicyclic) bond motifs is 2. The molecule has 0 amide bonds. The maximum atomic E-state index is 14.2. The largest absolute Gasteiger partial charge is 0.384 e. The molecule has 1 aliphatic rings. The van der Waals surface area contributed by atoms with Gasteiger partial charge < -0.3 is 5.11 Å². The molecule has 3 aromatic rings. The average molecular weight is 340 g/mol. The molecule has 120 valence electrons. The first-order valence-electron chi connectivity index (χ1n) is 7.63. The van der Waals surface area contributed by atoms with E-state index in [1.54, 1.807) is 0 Å². The smallest absolute Gasteiger partial charge is 0.163 e. The van der Waals surface area contributed by atoms with Gasteiger partial charge in [0.15, 0.2) is 11.6 Å². The summed E-state index contributed by atoms with van der Waals surface area (Å²) in [7, 11) is 0. The van der Waals surface area contributed by atoms with E-state index in [1.165, 1.54) is 17.8 Å².